The van der Waals surface area contributed by atoms with Crippen LogP contribution in [0.4, 0.5) is 10.1 Å². The van der Waals surface area contributed by atoms with Gasteiger partial charge in [0.2, 0.25) is 5.91 Å². The summed E-state index contributed by atoms with van der Waals surface area (Å²) < 4.78 is 20.2. The molecule has 0 atom stereocenters. The van der Waals surface area contributed by atoms with Crippen molar-refractivity contribution in [2.45, 2.75) is 25.2 Å². The highest BCUT2D eigenvalue weighted by Crippen LogP contribution is 2.36. The average Bonchev–Trinajstić information content (AvgIpc) is 2.60. The monoisotopic (exact) mass is 344 g/mol. The summed E-state index contributed by atoms with van der Waals surface area (Å²) in [7, 11) is 1.64. The van der Waals surface area contributed by atoms with Gasteiger partial charge in [-0.05, 0) is 43.0 Å². The van der Waals surface area contributed by atoms with Gasteiger partial charge >= 0.3 is 0 Å². The molecule has 1 saturated heterocycles. The van der Waals surface area contributed by atoms with Crippen LogP contribution in [0.5, 0.6) is 0 Å². The van der Waals surface area contributed by atoms with Crippen LogP contribution in [0.1, 0.15) is 24.0 Å². The van der Waals surface area contributed by atoms with E-state index < -0.39 is 5.41 Å². The van der Waals surface area contributed by atoms with Crippen LogP contribution in [0.3, 0.4) is 0 Å². The van der Waals surface area contributed by atoms with E-state index in [1.807, 2.05) is 0 Å². The lowest BCUT2D eigenvalue weighted by Crippen LogP contribution is -2.45. The first-order valence-electron chi connectivity index (χ1n) is 8.25. The fourth-order valence-electron chi connectivity index (χ4n) is 3.23. The number of pyridine rings is 1. The fraction of sp³-hybridized carbons (Fsp3) is 0.368. The van der Waals surface area contributed by atoms with Crippen LogP contribution in [0, 0.1) is 12.7 Å². The number of hydrogen-bond acceptors (Lipinski definition) is 3. The van der Waals surface area contributed by atoms with E-state index in [-0.39, 0.29) is 17.3 Å². The highest BCUT2D eigenvalue weighted by Gasteiger charge is 2.41. The van der Waals surface area contributed by atoms with E-state index in [9.17, 15) is 14.0 Å². The second-order valence-electron chi connectivity index (χ2n) is 6.47. The SMILES string of the molecule is Cc1cc(=O)n(C)cc1NC(=O)C1(c2ccc(F)cc2)CCOCC1. The Labute approximate surface area is 145 Å². The molecule has 1 amide bonds. The minimum absolute atomic E-state index is 0.130. The summed E-state index contributed by atoms with van der Waals surface area (Å²) in [5.74, 6) is -0.496. The summed E-state index contributed by atoms with van der Waals surface area (Å²) in [5.41, 5.74) is 1.18. The van der Waals surface area contributed by atoms with Crippen molar-refractivity contribution in [2.75, 3.05) is 18.5 Å². The first-order chi connectivity index (χ1) is 11.9. The Morgan fingerprint density at radius 3 is 2.52 bits per heavy atom. The largest absolute Gasteiger partial charge is 0.381 e. The molecular weight excluding hydrogens is 323 g/mol. The highest BCUT2D eigenvalue weighted by molar-refractivity contribution is 5.99. The van der Waals surface area contributed by atoms with Crippen molar-refractivity contribution in [2.24, 2.45) is 7.05 Å². The van der Waals surface area contributed by atoms with E-state index in [0.717, 1.165) is 5.56 Å². The van der Waals surface area contributed by atoms with Gasteiger partial charge in [0.15, 0.2) is 0 Å². The number of ether oxygens (including phenoxy) is 1. The van der Waals surface area contributed by atoms with E-state index in [2.05, 4.69) is 5.32 Å². The lowest BCUT2D eigenvalue weighted by molar-refractivity contribution is -0.125. The smallest absolute Gasteiger partial charge is 0.250 e. The van der Waals surface area contributed by atoms with Gasteiger partial charge in [-0.1, -0.05) is 12.1 Å². The quantitative estimate of drug-likeness (QED) is 0.931. The fourth-order valence-corrected chi connectivity index (χ4v) is 3.23. The maximum Gasteiger partial charge on any atom is 0.250 e. The van der Waals surface area contributed by atoms with Crippen molar-refractivity contribution in [3.8, 4) is 0 Å². The minimum atomic E-state index is -0.771. The molecule has 0 spiro atoms. The standard InChI is InChI=1S/C19H21FN2O3/c1-13-11-17(23)22(2)12-16(13)21-18(24)19(7-9-25-10-8-19)14-3-5-15(20)6-4-14/h3-6,11-12H,7-10H2,1-2H3,(H,21,24). The van der Waals surface area contributed by atoms with Gasteiger partial charge in [-0.3, -0.25) is 9.59 Å². The number of nitrogens with one attached hydrogen (secondary N) is 1. The van der Waals surface area contributed by atoms with Crippen molar-refractivity contribution < 1.29 is 13.9 Å². The molecule has 0 unspecified atom stereocenters. The van der Waals surface area contributed by atoms with Gasteiger partial charge in [-0.15, -0.1) is 0 Å². The molecule has 5 nitrogen and oxygen atoms in total. The molecule has 2 aromatic rings. The number of hydrogen-bond donors (Lipinski definition) is 1. The molecule has 1 aromatic heterocycles. The van der Waals surface area contributed by atoms with Gasteiger partial charge in [0.05, 0.1) is 11.1 Å². The minimum Gasteiger partial charge on any atom is -0.381 e. The van der Waals surface area contributed by atoms with Crippen LogP contribution >= 0.6 is 0 Å². The van der Waals surface area contributed by atoms with Crippen LogP contribution in [0.25, 0.3) is 0 Å². The number of halogens is 1. The summed E-state index contributed by atoms with van der Waals surface area (Å²) >= 11 is 0. The van der Waals surface area contributed by atoms with Crippen LogP contribution < -0.4 is 10.9 Å². The number of nitrogens with zero attached hydrogens (tertiary/aromatic N) is 1. The van der Waals surface area contributed by atoms with Crippen LogP contribution in [0.2, 0.25) is 0 Å². The zero-order valence-corrected chi connectivity index (χ0v) is 14.3. The molecule has 0 radical (unpaired) electrons. The Morgan fingerprint density at radius 1 is 1.24 bits per heavy atom. The normalized spacial score (nSPS) is 16.4. The topological polar surface area (TPSA) is 60.3 Å². The molecule has 132 valence electrons. The number of rotatable bonds is 3. The predicted molar refractivity (Wildman–Crippen MR) is 93.2 cm³/mol. The van der Waals surface area contributed by atoms with Crippen LogP contribution in [0.15, 0.2) is 41.3 Å². The third kappa shape index (κ3) is 3.35. The molecule has 1 N–H and O–H groups in total. The van der Waals surface area contributed by atoms with E-state index in [1.165, 1.54) is 22.8 Å². The summed E-state index contributed by atoms with van der Waals surface area (Å²) in [6.45, 7) is 2.72. The number of anilines is 1. The van der Waals surface area contributed by atoms with E-state index >= 15 is 0 Å². The number of aryl methyl sites for hydroxylation is 2. The summed E-state index contributed by atoms with van der Waals surface area (Å²) in [6.07, 6.45) is 2.66. The second-order valence-corrected chi connectivity index (χ2v) is 6.47. The third-order valence-corrected chi connectivity index (χ3v) is 4.86. The maximum atomic E-state index is 13.3. The molecule has 1 fully saturated rings. The highest BCUT2D eigenvalue weighted by atomic mass is 19.1. The molecule has 25 heavy (non-hydrogen) atoms. The predicted octanol–water partition coefficient (Wildman–Crippen LogP) is 2.52. The van der Waals surface area contributed by atoms with Gasteiger partial charge < -0.3 is 14.6 Å². The molecule has 0 saturated carbocycles. The number of amides is 1. The van der Waals surface area contributed by atoms with Crippen LogP contribution in [-0.4, -0.2) is 23.7 Å². The third-order valence-electron chi connectivity index (χ3n) is 4.86. The van der Waals surface area contributed by atoms with Crippen molar-refractivity contribution in [1.82, 2.24) is 4.57 Å². The zero-order valence-electron chi connectivity index (χ0n) is 14.3. The molecule has 1 aliphatic rings. The number of carbonyl (C=O) groups excluding carboxylic acids is 1. The van der Waals surface area contributed by atoms with Crippen molar-refractivity contribution in [1.29, 1.82) is 0 Å². The van der Waals surface area contributed by atoms with E-state index in [1.54, 1.807) is 32.3 Å². The van der Waals surface area contributed by atoms with Crippen molar-refractivity contribution in [3.05, 3.63) is 63.8 Å². The number of carbonyl (C=O) groups is 1. The molecule has 1 aliphatic heterocycles. The summed E-state index contributed by atoms with van der Waals surface area (Å²) in [5, 5.41) is 2.95. The molecule has 2 heterocycles. The molecule has 0 bridgehead atoms. The Balaban J connectivity index is 1.97. The molecule has 1 aromatic carbocycles. The number of benzene rings is 1. The van der Waals surface area contributed by atoms with E-state index in [4.69, 9.17) is 4.74 Å². The molecule has 6 heteroatoms. The van der Waals surface area contributed by atoms with Gasteiger partial charge in [-0.25, -0.2) is 4.39 Å². The Hall–Kier alpha value is -2.47. The second kappa shape index (κ2) is 6.80. The molecule has 0 aliphatic carbocycles. The zero-order chi connectivity index (χ0) is 18.0. The Morgan fingerprint density at radius 2 is 1.88 bits per heavy atom. The Bertz CT molecular complexity index is 837. The van der Waals surface area contributed by atoms with Gasteiger partial charge in [0.25, 0.3) is 5.56 Å². The van der Waals surface area contributed by atoms with Gasteiger partial charge in [0.1, 0.15) is 5.82 Å². The van der Waals surface area contributed by atoms with E-state index in [0.29, 0.717) is 37.3 Å². The summed E-state index contributed by atoms with van der Waals surface area (Å²) in [4.78, 5) is 24.9. The van der Waals surface area contributed by atoms with Crippen LogP contribution in [-0.2, 0) is 22.0 Å². The number of aromatic nitrogens is 1. The van der Waals surface area contributed by atoms with Crippen molar-refractivity contribution in [3.63, 3.8) is 0 Å². The Kier molecular flexibility index (Phi) is 4.72. The first kappa shape index (κ1) is 17.4. The average molecular weight is 344 g/mol. The van der Waals surface area contributed by atoms with Gasteiger partial charge in [-0.2, -0.15) is 0 Å². The van der Waals surface area contributed by atoms with Gasteiger partial charge in [0, 0.05) is 32.5 Å². The lowest BCUT2D eigenvalue weighted by atomic mass is 9.73. The molecule has 3 rings (SSSR count). The first-order valence-corrected chi connectivity index (χ1v) is 8.25. The maximum absolute atomic E-state index is 13.3. The lowest BCUT2D eigenvalue weighted by Gasteiger charge is -2.36. The summed E-state index contributed by atoms with van der Waals surface area (Å²) in [6, 6.07) is 7.56. The molecular formula is C19H21FN2O3. The van der Waals surface area contributed by atoms with Crippen molar-refractivity contribution >= 4 is 11.6 Å².